The summed E-state index contributed by atoms with van der Waals surface area (Å²) in [5.74, 6) is 0.0521. The molecule has 1 saturated heterocycles. The van der Waals surface area contributed by atoms with Crippen molar-refractivity contribution in [3.8, 4) is 0 Å². The summed E-state index contributed by atoms with van der Waals surface area (Å²) >= 11 is 14.5. The van der Waals surface area contributed by atoms with Crippen LogP contribution in [0.15, 0.2) is 84.6 Å². The second-order valence-corrected chi connectivity index (χ2v) is 12.2. The molecule has 5 rings (SSSR count). The van der Waals surface area contributed by atoms with Crippen molar-refractivity contribution in [2.45, 2.75) is 25.4 Å². The SMILES string of the molecule is COC(=CC=Cc1cc2cc(Cl)c(Cl)cc2[nH]1)C(=O)NC1CCN(Cc2ccc(C(=O)c3ccccc3)c(I)c2)CC1. The van der Waals surface area contributed by atoms with Crippen LogP contribution in [0.3, 0.4) is 0 Å². The predicted octanol–water partition coefficient (Wildman–Crippen LogP) is 7.63. The smallest absolute Gasteiger partial charge is 0.286 e. The van der Waals surface area contributed by atoms with Gasteiger partial charge in [-0.2, -0.15) is 0 Å². The number of likely N-dealkylation sites (tertiary alicyclic amines) is 1. The summed E-state index contributed by atoms with van der Waals surface area (Å²) in [6.45, 7) is 2.54. The summed E-state index contributed by atoms with van der Waals surface area (Å²) in [4.78, 5) is 31.4. The largest absolute Gasteiger partial charge is 0.491 e. The van der Waals surface area contributed by atoms with E-state index in [1.165, 1.54) is 12.7 Å². The monoisotopic (exact) mass is 713 g/mol. The van der Waals surface area contributed by atoms with E-state index in [2.05, 4.69) is 43.9 Å². The Hall–Kier alpha value is -3.11. The number of carbonyl (C=O) groups is 2. The molecule has 1 aromatic heterocycles. The summed E-state index contributed by atoms with van der Waals surface area (Å²) in [5.41, 5.74) is 4.33. The Morgan fingerprint density at radius 3 is 2.50 bits per heavy atom. The van der Waals surface area contributed by atoms with Gasteiger partial charge >= 0.3 is 0 Å². The van der Waals surface area contributed by atoms with Gasteiger partial charge in [-0.25, -0.2) is 0 Å². The average molecular weight is 714 g/mol. The van der Waals surface area contributed by atoms with E-state index < -0.39 is 0 Å². The number of H-pyrrole nitrogens is 1. The Labute approximate surface area is 268 Å². The molecule has 0 atom stereocenters. The Kier molecular flexibility index (Phi) is 10.1. The van der Waals surface area contributed by atoms with Crippen LogP contribution in [0, 0.1) is 3.57 Å². The molecule has 0 bridgehead atoms. The van der Waals surface area contributed by atoms with Gasteiger partial charge in [-0.3, -0.25) is 14.5 Å². The quantitative estimate of drug-likeness (QED) is 0.0615. The number of nitrogens with one attached hydrogen (secondary N) is 2. The van der Waals surface area contributed by atoms with Gasteiger partial charge in [0, 0.05) is 57.0 Å². The van der Waals surface area contributed by atoms with Crippen LogP contribution in [0.1, 0.15) is 40.0 Å². The highest BCUT2D eigenvalue weighted by atomic mass is 127. The zero-order chi connectivity index (χ0) is 29.6. The lowest BCUT2D eigenvalue weighted by Gasteiger charge is -2.32. The molecule has 42 heavy (non-hydrogen) atoms. The number of rotatable bonds is 9. The van der Waals surface area contributed by atoms with Crippen molar-refractivity contribution in [2.24, 2.45) is 0 Å². The van der Waals surface area contributed by atoms with Crippen LogP contribution in [0.2, 0.25) is 10.0 Å². The molecule has 0 unspecified atom stereocenters. The summed E-state index contributed by atoms with van der Waals surface area (Å²) in [6, 6.07) is 21.0. The minimum absolute atomic E-state index is 0.0386. The molecule has 2 N–H and O–H groups in total. The maximum atomic E-state index is 12.9. The molecular formula is C33H30Cl2IN3O3. The van der Waals surface area contributed by atoms with Crippen LogP contribution in [-0.4, -0.2) is 47.8 Å². The number of allylic oxidation sites excluding steroid dienone is 2. The van der Waals surface area contributed by atoms with E-state index in [1.54, 1.807) is 18.2 Å². The molecule has 0 radical (unpaired) electrons. The van der Waals surface area contributed by atoms with Crippen LogP contribution in [-0.2, 0) is 16.1 Å². The summed E-state index contributed by atoms with van der Waals surface area (Å²) in [5, 5.41) is 5.06. The fraction of sp³-hybridized carbons (Fsp3) is 0.212. The van der Waals surface area contributed by atoms with Crippen molar-refractivity contribution in [1.29, 1.82) is 0 Å². The van der Waals surface area contributed by atoms with Crippen molar-refractivity contribution in [1.82, 2.24) is 15.2 Å². The lowest BCUT2D eigenvalue weighted by Crippen LogP contribution is -2.44. The number of ether oxygens (including phenoxy) is 1. The molecule has 3 aromatic carbocycles. The highest BCUT2D eigenvalue weighted by Gasteiger charge is 2.23. The third-order valence-electron chi connectivity index (χ3n) is 7.29. The lowest BCUT2D eigenvalue weighted by atomic mass is 10.0. The number of halogens is 3. The highest BCUT2D eigenvalue weighted by Crippen LogP contribution is 2.28. The fourth-order valence-corrected chi connectivity index (χ4v) is 6.21. The number of hydrogen-bond acceptors (Lipinski definition) is 4. The van der Waals surface area contributed by atoms with Crippen molar-refractivity contribution in [2.75, 3.05) is 20.2 Å². The molecule has 0 aliphatic carbocycles. The third-order valence-corrected chi connectivity index (χ3v) is 8.91. The van der Waals surface area contributed by atoms with Crippen LogP contribution in [0.25, 0.3) is 17.0 Å². The normalized spacial score (nSPS) is 14.9. The Balaban J connectivity index is 1.12. The minimum atomic E-state index is -0.232. The molecular weight excluding hydrogens is 684 g/mol. The van der Waals surface area contributed by atoms with E-state index >= 15 is 0 Å². The molecule has 1 amide bonds. The Bertz CT molecular complexity index is 1620. The van der Waals surface area contributed by atoms with Gasteiger partial charge in [0.2, 0.25) is 0 Å². The number of carbonyl (C=O) groups excluding carboxylic acids is 2. The first-order valence-electron chi connectivity index (χ1n) is 13.6. The fourth-order valence-electron chi connectivity index (χ4n) is 5.05. The molecule has 1 aliphatic rings. The number of nitrogens with zero attached hydrogens (tertiary/aromatic N) is 1. The molecule has 0 spiro atoms. The van der Waals surface area contributed by atoms with E-state index in [4.69, 9.17) is 27.9 Å². The van der Waals surface area contributed by atoms with Crippen LogP contribution >= 0.6 is 45.8 Å². The standard InChI is InChI=1S/C33H30Cl2IN3O3/c1-42-31(9-5-8-25-17-23-18-27(34)28(35)19-30(23)37-25)33(41)38-24-12-14-39(15-13-24)20-21-10-11-26(29(36)16-21)32(40)22-6-3-2-4-7-22/h2-11,16-19,24,37H,12-15,20H2,1H3,(H,38,41). The molecule has 4 aromatic rings. The highest BCUT2D eigenvalue weighted by molar-refractivity contribution is 14.1. The summed E-state index contributed by atoms with van der Waals surface area (Å²) < 4.78 is 6.32. The number of methoxy groups -OCH3 is 1. The maximum absolute atomic E-state index is 12.9. The molecule has 1 fully saturated rings. The van der Waals surface area contributed by atoms with Gasteiger partial charge < -0.3 is 15.0 Å². The molecule has 6 nitrogen and oxygen atoms in total. The number of hydrogen-bond donors (Lipinski definition) is 2. The van der Waals surface area contributed by atoms with Gasteiger partial charge in [0.25, 0.3) is 5.91 Å². The summed E-state index contributed by atoms with van der Waals surface area (Å²) in [6.07, 6.45) is 6.98. The first kappa shape index (κ1) is 30.4. The zero-order valence-electron chi connectivity index (χ0n) is 23.0. The van der Waals surface area contributed by atoms with Crippen molar-refractivity contribution in [3.05, 3.63) is 121 Å². The second-order valence-electron chi connectivity index (χ2n) is 10.2. The number of fused-ring (bicyclic) bond motifs is 1. The average Bonchev–Trinajstić information content (AvgIpc) is 3.37. The van der Waals surface area contributed by atoms with Crippen LogP contribution in [0.5, 0.6) is 0 Å². The van der Waals surface area contributed by atoms with E-state index in [9.17, 15) is 9.59 Å². The zero-order valence-corrected chi connectivity index (χ0v) is 26.7. The van der Waals surface area contributed by atoms with Crippen molar-refractivity contribution in [3.63, 3.8) is 0 Å². The van der Waals surface area contributed by atoms with Crippen LogP contribution < -0.4 is 5.32 Å². The molecule has 216 valence electrons. The van der Waals surface area contributed by atoms with Gasteiger partial charge in [-0.15, -0.1) is 0 Å². The number of amides is 1. The van der Waals surface area contributed by atoms with E-state index in [1.807, 2.05) is 60.7 Å². The van der Waals surface area contributed by atoms with Crippen molar-refractivity contribution >= 4 is 74.5 Å². The maximum Gasteiger partial charge on any atom is 0.286 e. The van der Waals surface area contributed by atoms with Gasteiger partial charge in [0.1, 0.15) is 0 Å². The third kappa shape index (κ3) is 7.45. The van der Waals surface area contributed by atoms with E-state index in [0.29, 0.717) is 15.6 Å². The van der Waals surface area contributed by atoms with E-state index in [0.717, 1.165) is 58.2 Å². The predicted molar refractivity (Wildman–Crippen MR) is 178 cm³/mol. The minimum Gasteiger partial charge on any atom is -0.491 e. The first-order valence-corrected chi connectivity index (χ1v) is 15.5. The number of piperidine rings is 1. The van der Waals surface area contributed by atoms with Gasteiger partial charge in [0.05, 0.1) is 17.2 Å². The number of aromatic nitrogens is 1. The van der Waals surface area contributed by atoms with Crippen LogP contribution in [0.4, 0.5) is 0 Å². The molecule has 1 aliphatic heterocycles. The first-order chi connectivity index (χ1) is 20.3. The summed E-state index contributed by atoms with van der Waals surface area (Å²) in [7, 11) is 1.49. The van der Waals surface area contributed by atoms with Gasteiger partial charge in [-0.05, 0) is 83.5 Å². The molecule has 2 heterocycles. The molecule has 0 saturated carbocycles. The Morgan fingerprint density at radius 2 is 1.79 bits per heavy atom. The van der Waals surface area contributed by atoms with E-state index in [-0.39, 0.29) is 23.5 Å². The van der Waals surface area contributed by atoms with Gasteiger partial charge in [-0.1, -0.05) is 65.7 Å². The number of ketones is 1. The number of benzene rings is 3. The molecule has 9 heteroatoms. The second kappa shape index (κ2) is 13.9. The van der Waals surface area contributed by atoms with Gasteiger partial charge in [0.15, 0.2) is 11.5 Å². The topological polar surface area (TPSA) is 74.4 Å². The van der Waals surface area contributed by atoms with Crippen molar-refractivity contribution < 1.29 is 14.3 Å². The number of aromatic amines is 1. The Morgan fingerprint density at radius 1 is 1.05 bits per heavy atom. The lowest BCUT2D eigenvalue weighted by molar-refractivity contribution is -0.121.